The van der Waals surface area contributed by atoms with Crippen LogP contribution in [0.3, 0.4) is 0 Å². The molecule has 0 saturated carbocycles. The molecule has 12 rings (SSSR count). The number of aromatic nitrogens is 1. The second-order valence-corrected chi connectivity index (χ2v) is 15.2. The molecule has 1 aliphatic carbocycles. The number of anilines is 3. The van der Waals surface area contributed by atoms with E-state index in [4.69, 9.17) is 0 Å². The number of hydrogen-bond acceptors (Lipinski definition) is 2. The maximum atomic E-state index is 2.71. The van der Waals surface area contributed by atoms with E-state index < -0.39 is 0 Å². The van der Waals surface area contributed by atoms with Gasteiger partial charge in [-0.3, -0.25) is 0 Å². The summed E-state index contributed by atoms with van der Waals surface area (Å²) in [5.74, 6) is 0. The molecule has 2 nitrogen and oxygen atoms in total. The third-order valence-electron chi connectivity index (χ3n) is 11.5. The van der Waals surface area contributed by atoms with Crippen molar-refractivity contribution >= 4 is 79.2 Å². The molecule has 0 amide bonds. The van der Waals surface area contributed by atoms with E-state index in [1.165, 1.54) is 104 Å². The number of para-hydroxylation sites is 3. The first-order valence-corrected chi connectivity index (χ1v) is 17.4. The minimum absolute atomic E-state index is 0.0536. The van der Waals surface area contributed by atoms with Crippen LogP contribution in [0.4, 0.5) is 17.1 Å². The summed E-state index contributed by atoms with van der Waals surface area (Å²) in [6.45, 7) is 4.93. The molecular weight excluding hydrogens is 587 g/mol. The Morgan fingerprint density at radius 2 is 1.34 bits per heavy atom. The molecule has 0 N–H and O–H groups in total. The predicted octanol–water partition coefficient (Wildman–Crippen LogP) is 10.1. The Morgan fingerprint density at radius 1 is 0.596 bits per heavy atom. The van der Waals surface area contributed by atoms with Gasteiger partial charge in [0.25, 0.3) is 0 Å². The topological polar surface area (TPSA) is 8.17 Å². The van der Waals surface area contributed by atoms with Gasteiger partial charge in [-0.2, -0.15) is 0 Å². The molecular formula is C43H27BN2S. The first kappa shape index (κ1) is 25.0. The average molecular weight is 615 g/mol. The molecule has 218 valence electrons. The molecule has 0 spiro atoms. The fourth-order valence-electron chi connectivity index (χ4n) is 9.63. The van der Waals surface area contributed by atoms with Gasteiger partial charge in [0.1, 0.15) is 0 Å². The van der Waals surface area contributed by atoms with Gasteiger partial charge in [-0.25, -0.2) is 0 Å². The maximum absolute atomic E-state index is 2.71. The van der Waals surface area contributed by atoms with Gasteiger partial charge in [0.05, 0.1) is 11.4 Å². The Morgan fingerprint density at radius 3 is 2.26 bits per heavy atom. The first-order chi connectivity index (χ1) is 23.1. The van der Waals surface area contributed by atoms with Crippen molar-refractivity contribution in [1.29, 1.82) is 0 Å². The van der Waals surface area contributed by atoms with Gasteiger partial charge in [0, 0.05) is 48.3 Å². The molecule has 0 unspecified atom stereocenters. The van der Waals surface area contributed by atoms with Gasteiger partial charge in [0.15, 0.2) is 0 Å². The van der Waals surface area contributed by atoms with Crippen LogP contribution < -0.4 is 15.8 Å². The van der Waals surface area contributed by atoms with Crippen molar-refractivity contribution < 1.29 is 0 Å². The minimum atomic E-state index is -0.159. The van der Waals surface area contributed by atoms with Crippen molar-refractivity contribution in [2.45, 2.75) is 29.1 Å². The van der Waals surface area contributed by atoms with E-state index >= 15 is 0 Å². The summed E-state index contributed by atoms with van der Waals surface area (Å²) < 4.78 is 2.71. The van der Waals surface area contributed by atoms with E-state index in [2.05, 4.69) is 151 Å². The van der Waals surface area contributed by atoms with Crippen molar-refractivity contribution in [1.82, 2.24) is 4.48 Å². The zero-order chi connectivity index (χ0) is 30.8. The van der Waals surface area contributed by atoms with Gasteiger partial charge < -0.3 is 9.38 Å². The van der Waals surface area contributed by atoms with Crippen LogP contribution in [0.15, 0.2) is 137 Å². The summed E-state index contributed by atoms with van der Waals surface area (Å²) in [5, 5.41) is 5.25. The van der Waals surface area contributed by atoms with Gasteiger partial charge >= 0.3 is 6.85 Å². The summed E-state index contributed by atoms with van der Waals surface area (Å²) in [5.41, 5.74) is 17.6. The Labute approximate surface area is 277 Å². The van der Waals surface area contributed by atoms with Crippen LogP contribution in [0.5, 0.6) is 0 Å². The molecule has 8 aromatic rings. The van der Waals surface area contributed by atoms with Crippen LogP contribution in [0.1, 0.15) is 25.0 Å². The summed E-state index contributed by atoms with van der Waals surface area (Å²) >= 11 is 1.91. The largest absolute Gasteiger partial charge is 0.375 e. The van der Waals surface area contributed by atoms with Crippen LogP contribution in [-0.4, -0.2) is 11.3 Å². The van der Waals surface area contributed by atoms with Crippen molar-refractivity contribution in [2.24, 2.45) is 0 Å². The Balaban J connectivity index is 1.33. The lowest BCUT2D eigenvalue weighted by Gasteiger charge is -2.45. The summed E-state index contributed by atoms with van der Waals surface area (Å²) in [6.07, 6.45) is 0. The molecule has 0 fully saturated rings. The van der Waals surface area contributed by atoms with Crippen molar-refractivity contribution in [3.05, 3.63) is 139 Å². The lowest BCUT2D eigenvalue weighted by atomic mass is 9.44. The molecule has 7 aromatic carbocycles. The second kappa shape index (κ2) is 8.20. The lowest BCUT2D eigenvalue weighted by Crippen LogP contribution is -2.57. The normalized spacial score (nSPS) is 15.4. The summed E-state index contributed by atoms with van der Waals surface area (Å²) in [4.78, 5) is 5.30. The second-order valence-electron chi connectivity index (χ2n) is 14.1. The zero-order valence-corrected chi connectivity index (χ0v) is 26.8. The molecule has 4 aliphatic rings. The maximum Gasteiger partial charge on any atom is 0.333 e. The predicted molar refractivity (Wildman–Crippen MR) is 199 cm³/mol. The number of hydrogen-bond donors (Lipinski definition) is 0. The zero-order valence-electron chi connectivity index (χ0n) is 26.0. The van der Waals surface area contributed by atoms with Gasteiger partial charge in [0.2, 0.25) is 0 Å². The monoisotopic (exact) mass is 614 g/mol. The van der Waals surface area contributed by atoms with E-state index in [-0.39, 0.29) is 12.3 Å². The van der Waals surface area contributed by atoms with Crippen LogP contribution in [0, 0.1) is 0 Å². The molecule has 3 aliphatic heterocycles. The van der Waals surface area contributed by atoms with Crippen LogP contribution in [0.2, 0.25) is 0 Å². The smallest absolute Gasteiger partial charge is 0.333 e. The van der Waals surface area contributed by atoms with E-state index in [1.807, 2.05) is 11.8 Å². The molecule has 1 aromatic heterocycles. The molecule has 0 atom stereocenters. The Kier molecular flexibility index (Phi) is 4.36. The highest BCUT2D eigenvalue weighted by molar-refractivity contribution is 7.99. The van der Waals surface area contributed by atoms with Crippen LogP contribution in [-0.2, 0) is 5.41 Å². The third-order valence-corrected chi connectivity index (χ3v) is 12.6. The Bertz CT molecular complexity index is 2770. The number of fused-ring (bicyclic) bond motifs is 14. The molecule has 47 heavy (non-hydrogen) atoms. The lowest BCUT2D eigenvalue weighted by molar-refractivity contribution is 0.661. The molecule has 4 heteroatoms. The van der Waals surface area contributed by atoms with E-state index in [0.29, 0.717) is 0 Å². The van der Waals surface area contributed by atoms with Gasteiger partial charge in [-0.1, -0.05) is 117 Å². The number of rotatable bonds is 0. The Hall–Kier alpha value is -5.19. The fraction of sp³-hybridized carbons (Fsp3) is 0.0698. The highest BCUT2D eigenvalue weighted by atomic mass is 32.2. The third kappa shape index (κ3) is 2.81. The van der Waals surface area contributed by atoms with Gasteiger partial charge in [-0.05, 0) is 85.9 Å². The molecule has 0 radical (unpaired) electrons. The number of benzene rings is 7. The molecule has 4 heterocycles. The van der Waals surface area contributed by atoms with E-state index in [1.54, 1.807) is 0 Å². The average Bonchev–Trinajstić information content (AvgIpc) is 3.54. The van der Waals surface area contributed by atoms with Crippen molar-refractivity contribution in [3.63, 3.8) is 0 Å². The summed E-state index contributed by atoms with van der Waals surface area (Å²) in [6, 6.07) is 48.4. The SMILES string of the molecule is CC1(C)c2ccccc2-c2cc3c4c(c21)N1c2ccccc2Sc2cccc(c21)B4n1c2cc4ccccc4cc2c2cccc-3c21. The van der Waals surface area contributed by atoms with E-state index in [9.17, 15) is 0 Å². The van der Waals surface area contributed by atoms with Crippen LogP contribution >= 0.6 is 11.8 Å². The highest BCUT2D eigenvalue weighted by Gasteiger charge is 2.50. The first-order valence-electron chi connectivity index (χ1n) is 16.6. The van der Waals surface area contributed by atoms with E-state index in [0.717, 1.165) is 0 Å². The van der Waals surface area contributed by atoms with Crippen LogP contribution in [0.25, 0.3) is 54.8 Å². The number of nitrogens with zero attached hydrogens (tertiary/aromatic N) is 2. The molecule has 0 saturated heterocycles. The van der Waals surface area contributed by atoms with Crippen molar-refractivity contribution in [2.75, 3.05) is 4.90 Å². The summed E-state index contributed by atoms with van der Waals surface area (Å²) in [7, 11) is 0. The quantitative estimate of drug-likeness (QED) is 0.157. The minimum Gasteiger partial charge on any atom is -0.375 e. The highest BCUT2D eigenvalue weighted by Crippen LogP contribution is 2.60. The fourth-order valence-corrected chi connectivity index (χ4v) is 10.7. The molecule has 0 bridgehead atoms. The van der Waals surface area contributed by atoms with Gasteiger partial charge in [-0.15, -0.1) is 0 Å². The van der Waals surface area contributed by atoms with Crippen molar-refractivity contribution in [3.8, 4) is 22.3 Å². The standard InChI is InChI=1S/C43H27BN2S/c1-43(2)32-16-6-5-13-26(32)30-23-31-28-15-9-14-27-29-21-24-11-3-4-12-25(24)22-35(29)46(40(27)28)44-33-17-10-20-37-41(33)45(42(38(30)43)39(31)44)34-18-7-8-19-36(34)47-37/h3-23H,1-2H3.